The zero-order chi connectivity index (χ0) is 71.7. The van der Waals surface area contributed by atoms with Gasteiger partial charge in [-0.1, -0.05) is 344 Å². The average Bonchev–Trinajstić information content (AvgIpc) is 3.33. The molecule has 0 heterocycles. The van der Waals surface area contributed by atoms with E-state index in [4.69, 9.17) is 37.0 Å². The van der Waals surface area contributed by atoms with Crippen LogP contribution in [0.1, 0.15) is 396 Å². The van der Waals surface area contributed by atoms with E-state index in [9.17, 15) is 43.2 Å². The van der Waals surface area contributed by atoms with Crippen LogP contribution in [0, 0.1) is 23.7 Å². The van der Waals surface area contributed by atoms with Crippen molar-refractivity contribution in [2.45, 2.75) is 414 Å². The molecule has 0 aromatic rings. The Morgan fingerprint density at radius 1 is 0.289 bits per heavy atom. The Morgan fingerprint density at radius 3 is 0.732 bits per heavy atom. The van der Waals surface area contributed by atoms with Gasteiger partial charge in [0.1, 0.15) is 19.3 Å². The maximum absolute atomic E-state index is 13.1. The van der Waals surface area contributed by atoms with Crippen LogP contribution in [0.3, 0.4) is 0 Å². The quantitative estimate of drug-likeness (QED) is 0.0222. The van der Waals surface area contributed by atoms with Crippen molar-refractivity contribution < 1.29 is 80.2 Å². The fourth-order valence-electron chi connectivity index (χ4n) is 11.9. The maximum Gasteiger partial charge on any atom is 0.472 e. The molecular formula is C78H152O17P2. The van der Waals surface area contributed by atoms with E-state index in [2.05, 4.69) is 55.4 Å². The van der Waals surface area contributed by atoms with Crippen LogP contribution < -0.4 is 0 Å². The molecule has 0 bridgehead atoms. The Balaban J connectivity index is 5.25. The molecule has 576 valence electrons. The summed E-state index contributed by atoms with van der Waals surface area (Å²) in [6.07, 6.45) is 52.7. The highest BCUT2D eigenvalue weighted by atomic mass is 31.2. The number of carbonyl (C=O) groups excluding carboxylic acids is 4. The number of unbranched alkanes of at least 4 members (excludes halogenated alkanes) is 40. The van der Waals surface area contributed by atoms with Gasteiger partial charge in [0.25, 0.3) is 0 Å². The van der Waals surface area contributed by atoms with Crippen molar-refractivity contribution in [2.75, 3.05) is 39.6 Å². The van der Waals surface area contributed by atoms with Crippen LogP contribution in [0.2, 0.25) is 0 Å². The SMILES string of the molecule is CCC(C)CCCCCCCCCCC(=O)O[C@H](COC(=O)CCCCCCCCCCC(C)C)COP(=O)(O)OCC(O)COP(=O)(O)OC[C@@H](COC(=O)CCCCCCCCCCCCCCC(C)C)OC(=O)CCCCCCCCCCCCCCCCCCC(C)C. The van der Waals surface area contributed by atoms with Gasteiger partial charge in [0, 0.05) is 25.7 Å². The van der Waals surface area contributed by atoms with Crippen LogP contribution >= 0.6 is 15.6 Å². The van der Waals surface area contributed by atoms with Crippen molar-refractivity contribution in [3.05, 3.63) is 0 Å². The Hall–Kier alpha value is -1.94. The number of carbonyl (C=O) groups is 4. The zero-order valence-corrected chi connectivity index (χ0v) is 65.5. The summed E-state index contributed by atoms with van der Waals surface area (Å²) in [4.78, 5) is 72.9. The first-order valence-corrected chi connectivity index (χ1v) is 43.2. The first-order valence-electron chi connectivity index (χ1n) is 40.2. The molecule has 0 spiro atoms. The summed E-state index contributed by atoms with van der Waals surface area (Å²) in [6, 6.07) is 0. The molecule has 97 heavy (non-hydrogen) atoms. The summed E-state index contributed by atoms with van der Waals surface area (Å²) in [7, 11) is -9.92. The molecule has 4 unspecified atom stereocenters. The Bertz CT molecular complexity index is 1900. The molecule has 0 aromatic heterocycles. The van der Waals surface area contributed by atoms with Crippen molar-refractivity contribution in [1.82, 2.24) is 0 Å². The number of aliphatic hydroxyl groups is 1. The Morgan fingerprint density at radius 2 is 0.495 bits per heavy atom. The van der Waals surface area contributed by atoms with E-state index < -0.39 is 97.5 Å². The molecule has 0 amide bonds. The molecule has 3 N–H and O–H groups in total. The standard InChI is InChI=1S/C78H152O17P2/c1-9-71(8)57-49-41-33-27-29-37-45-53-61-78(83)95-74(65-89-76(81)59-51-43-35-28-26-32-40-48-56-70(6)7)67-93-97(86,87)91-63-72(79)62-90-96(84,85)92-66-73(64-88-75(80)58-50-42-34-24-20-17-16-19-23-31-39-47-55-69(4)5)94-77(82)60-52-44-36-25-21-15-13-11-10-12-14-18-22-30-38-46-54-68(2)3/h68-74,79H,9-67H2,1-8H3,(H,84,85)(H,86,87)/t71?,72?,73-,74-/m1/s1. The zero-order valence-electron chi connectivity index (χ0n) is 63.7. The van der Waals surface area contributed by atoms with Crippen molar-refractivity contribution in [3.63, 3.8) is 0 Å². The number of aliphatic hydroxyl groups excluding tert-OH is 1. The molecule has 0 aliphatic carbocycles. The minimum absolute atomic E-state index is 0.104. The molecule has 17 nitrogen and oxygen atoms in total. The smallest absolute Gasteiger partial charge is 0.462 e. The Labute approximate surface area is 594 Å². The number of rotatable bonds is 75. The molecule has 0 saturated heterocycles. The highest BCUT2D eigenvalue weighted by molar-refractivity contribution is 7.47. The van der Waals surface area contributed by atoms with Crippen LogP contribution in [0.15, 0.2) is 0 Å². The van der Waals surface area contributed by atoms with Crippen LogP contribution in [0.25, 0.3) is 0 Å². The third-order valence-electron chi connectivity index (χ3n) is 18.4. The maximum atomic E-state index is 13.1. The Kier molecular flexibility index (Phi) is 65.9. The van der Waals surface area contributed by atoms with Gasteiger partial charge in [-0.2, -0.15) is 0 Å². The number of phosphoric acid groups is 2. The fourth-order valence-corrected chi connectivity index (χ4v) is 13.5. The number of phosphoric ester groups is 2. The summed E-state index contributed by atoms with van der Waals surface area (Å²) in [5, 5.41) is 10.6. The van der Waals surface area contributed by atoms with Gasteiger partial charge in [-0.3, -0.25) is 37.3 Å². The van der Waals surface area contributed by atoms with Gasteiger partial charge in [-0.15, -0.1) is 0 Å². The molecule has 19 heteroatoms. The van der Waals surface area contributed by atoms with Crippen LogP contribution in [-0.2, 0) is 65.4 Å². The van der Waals surface area contributed by atoms with Crippen LogP contribution in [0.4, 0.5) is 0 Å². The lowest BCUT2D eigenvalue weighted by molar-refractivity contribution is -0.161. The largest absolute Gasteiger partial charge is 0.472 e. The summed E-state index contributed by atoms with van der Waals surface area (Å²) >= 11 is 0. The number of hydrogen-bond acceptors (Lipinski definition) is 15. The van der Waals surface area contributed by atoms with Gasteiger partial charge in [0.15, 0.2) is 12.2 Å². The number of esters is 4. The third-order valence-corrected chi connectivity index (χ3v) is 20.3. The number of ether oxygens (including phenoxy) is 4. The van der Waals surface area contributed by atoms with E-state index in [0.717, 1.165) is 114 Å². The normalized spacial score (nSPS) is 14.4. The highest BCUT2D eigenvalue weighted by Crippen LogP contribution is 2.45. The third kappa shape index (κ3) is 70.9. The molecule has 0 rings (SSSR count). The predicted octanol–water partition coefficient (Wildman–Crippen LogP) is 22.8. The first kappa shape index (κ1) is 95.1. The predicted molar refractivity (Wildman–Crippen MR) is 395 cm³/mol. The summed E-state index contributed by atoms with van der Waals surface area (Å²) in [6.45, 7) is 14.2. The second kappa shape index (κ2) is 67.2. The van der Waals surface area contributed by atoms with E-state index in [1.807, 2.05) is 0 Å². The monoisotopic (exact) mass is 1420 g/mol. The van der Waals surface area contributed by atoms with E-state index >= 15 is 0 Å². The number of hydrogen-bond donors (Lipinski definition) is 3. The van der Waals surface area contributed by atoms with Gasteiger partial charge >= 0.3 is 39.5 Å². The molecule has 0 saturated carbocycles. The topological polar surface area (TPSA) is 237 Å². The van der Waals surface area contributed by atoms with Crippen molar-refractivity contribution in [3.8, 4) is 0 Å². The lowest BCUT2D eigenvalue weighted by atomic mass is 9.99. The van der Waals surface area contributed by atoms with E-state index in [1.165, 1.54) is 199 Å². The summed E-state index contributed by atoms with van der Waals surface area (Å²) in [5.41, 5.74) is 0. The van der Waals surface area contributed by atoms with Crippen molar-refractivity contribution in [2.24, 2.45) is 23.7 Å². The molecule has 0 radical (unpaired) electrons. The van der Waals surface area contributed by atoms with Crippen LogP contribution in [0.5, 0.6) is 0 Å². The van der Waals surface area contributed by atoms with Gasteiger partial charge in [-0.05, 0) is 49.4 Å². The lowest BCUT2D eigenvalue weighted by Crippen LogP contribution is -2.30. The molecule has 6 atom stereocenters. The van der Waals surface area contributed by atoms with Gasteiger partial charge in [0.05, 0.1) is 26.4 Å². The molecule has 0 fully saturated rings. The van der Waals surface area contributed by atoms with Crippen molar-refractivity contribution >= 4 is 39.5 Å². The van der Waals surface area contributed by atoms with Crippen molar-refractivity contribution in [1.29, 1.82) is 0 Å². The highest BCUT2D eigenvalue weighted by Gasteiger charge is 2.30. The first-order chi connectivity index (χ1) is 46.6. The summed E-state index contributed by atoms with van der Waals surface area (Å²) in [5.74, 6) is 0.967. The van der Waals surface area contributed by atoms with Gasteiger partial charge in [-0.25, -0.2) is 9.13 Å². The van der Waals surface area contributed by atoms with E-state index in [0.29, 0.717) is 25.7 Å². The average molecular weight is 1420 g/mol. The van der Waals surface area contributed by atoms with Gasteiger partial charge < -0.3 is 33.8 Å². The molecule has 0 aromatic carbocycles. The lowest BCUT2D eigenvalue weighted by Gasteiger charge is -2.21. The van der Waals surface area contributed by atoms with Gasteiger partial charge in [0.2, 0.25) is 0 Å². The van der Waals surface area contributed by atoms with E-state index in [1.54, 1.807) is 0 Å². The van der Waals surface area contributed by atoms with Crippen LogP contribution in [-0.4, -0.2) is 96.7 Å². The molecule has 0 aliphatic heterocycles. The molecular weight excluding hydrogens is 1270 g/mol. The fraction of sp³-hybridized carbons (Fsp3) is 0.949. The summed E-state index contributed by atoms with van der Waals surface area (Å²) < 4.78 is 68.6. The molecule has 0 aliphatic rings. The minimum atomic E-state index is -4.96. The minimum Gasteiger partial charge on any atom is -0.462 e. The second-order valence-corrected chi connectivity index (χ2v) is 32.7. The van der Waals surface area contributed by atoms with E-state index in [-0.39, 0.29) is 25.7 Å². The second-order valence-electron chi connectivity index (χ2n) is 29.8.